The summed E-state index contributed by atoms with van der Waals surface area (Å²) in [5, 5.41) is 5.27. The van der Waals surface area contributed by atoms with E-state index in [1.165, 1.54) is 6.20 Å². The number of sulfonamides is 1. The summed E-state index contributed by atoms with van der Waals surface area (Å²) in [6.07, 6.45) is 3.93. The van der Waals surface area contributed by atoms with E-state index in [0.29, 0.717) is 22.3 Å². The number of nitrogens with one attached hydrogen (secondary N) is 1. The average Bonchev–Trinajstić information content (AvgIpc) is 3.04. The van der Waals surface area contributed by atoms with Crippen molar-refractivity contribution in [1.29, 1.82) is 0 Å². The maximum atomic E-state index is 12.5. The number of nitrogens with zero attached hydrogens (tertiary/aromatic N) is 2. The molecule has 8 heteroatoms. The Kier molecular flexibility index (Phi) is 5.55. The second-order valence-electron chi connectivity index (χ2n) is 5.77. The predicted molar refractivity (Wildman–Crippen MR) is 104 cm³/mol. The number of rotatable bonds is 6. The highest BCUT2D eigenvalue weighted by Gasteiger charge is 2.15. The molecule has 2 aromatic carbocycles. The molecule has 0 saturated heterocycles. The maximum Gasteiger partial charge on any atom is 0.261 e. The SMILES string of the molecule is CCc1ccc(S(=O)(=O)Nc2cnn(Cc3ccc(Cl)cc3Cl)c2)cc1. The highest BCUT2D eigenvalue weighted by Crippen LogP contribution is 2.22. The van der Waals surface area contributed by atoms with Gasteiger partial charge in [0.25, 0.3) is 10.0 Å². The molecule has 0 unspecified atom stereocenters. The van der Waals surface area contributed by atoms with Crippen molar-refractivity contribution in [2.24, 2.45) is 0 Å². The fraction of sp³-hybridized carbons (Fsp3) is 0.167. The number of hydrogen-bond donors (Lipinski definition) is 1. The largest absolute Gasteiger partial charge is 0.276 e. The molecule has 0 fully saturated rings. The Morgan fingerprint density at radius 2 is 1.85 bits per heavy atom. The van der Waals surface area contributed by atoms with Crippen molar-refractivity contribution in [2.75, 3.05) is 4.72 Å². The summed E-state index contributed by atoms with van der Waals surface area (Å²) in [6, 6.07) is 12.0. The van der Waals surface area contributed by atoms with Crippen LogP contribution < -0.4 is 4.72 Å². The molecule has 1 aromatic heterocycles. The van der Waals surface area contributed by atoms with Crippen molar-refractivity contribution >= 4 is 38.9 Å². The zero-order chi connectivity index (χ0) is 18.7. The first kappa shape index (κ1) is 18.8. The summed E-state index contributed by atoms with van der Waals surface area (Å²) in [7, 11) is -3.66. The van der Waals surface area contributed by atoms with Gasteiger partial charge in [-0.3, -0.25) is 9.40 Å². The topological polar surface area (TPSA) is 64.0 Å². The van der Waals surface area contributed by atoms with E-state index in [-0.39, 0.29) is 4.90 Å². The van der Waals surface area contributed by atoms with E-state index < -0.39 is 10.0 Å². The molecule has 0 bridgehead atoms. The fourth-order valence-corrected chi connectivity index (χ4v) is 3.94. The van der Waals surface area contributed by atoms with Gasteiger partial charge in [0.2, 0.25) is 0 Å². The second kappa shape index (κ2) is 7.70. The number of halogens is 2. The van der Waals surface area contributed by atoms with Crippen LogP contribution in [0.5, 0.6) is 0 Å². The standard InChI is InChI=1S/C18H17Cl2N3O2S/c1-2-13-3-7-17(8-4-13)26(24,25)22-16-10-21-23(12-16)11-14-5-6-15(19)9-18(14)20/h3-10,12,22H,2,11H2,1H3. The molecule has 0 aliphatic rings. The quantitative estimate of drug-likeness (QED) is 0.646. The number of aryl methyl sites for hydroxylation is 1. The van der Waals surface area contributed by atoms with E-state index in [1.54, 1.807) is 47.3 Å². The minimum Gasteiger partial charge on any atom is -0.276 e. The molecular weight excluding hydrogens is 393 g/mol. The molecule has 1 heterocycles. The number of aromatic nitrogens is 2. The van der Waals surface area contributed by atoms with Gasteiger partial charge in [-0.25, -0.2) is 8.42 Å². The Hall–Kier alpha value is -2.02. The van der Waals surface area contributed by atoms with Gasteiger partial charge in [0.1, 0.15) is 0 Å². The van der Waals surface area contributed by atoms with E-state index in [4.69, 9.17) is 23.2 Å². The monoisotopic (exact) mass is 409 g/mol. The molecule has 5 nitrogen and oxygen atoms in total. The van der Waals surface area contributed by atoms with Gasteiger partial charge in [-0.05, 0) is 41.8 Å². The van der Waals surface area contributed by atoms with Crippen LogP contribution in [0, 0.1) is 0 Å². The number of benzene rings is 2. The zero-order valence-electron chi connectivity index (χ0n) is 14.0. The molecular formula is C18H17Cl2N3O2S. The third-order valence-corrected chi connectivity index (χ3v) is 5.86. The molecule has 3 rings (SSSR count). The summed E-state index contributed by atoms with van der Waals surface area (Å²) in [6.45, 7) is 2.42. The Balaban J connectivity index is 1.74. The molecule has 0 atom stereocenters. The molecule has 0 radical (unpaired) electrons. The summed E-state index contributed by atoms with van der Waals surface area (Å²) in [5.74, 6) is 0. The molecule has 3 aromatic rings. The average molecular weight is 410 g/mol. The van der Waals surface area contributed by atoms with Gasteiger partial charge >= 0.3 is 0 Å². The Morgan fingerprint density at radius 3 is 2.50 bits per heavy atom. The molecule has 0 aliphatic carbocycles. The Labute approximate surface area is 162 Å². The molecule has 136 valence electrons. The summed E-state index contributed by atoms with van der Waals surface area (Å²) in [4.78, 5) is 0.211. The lowest BCUT2D eigenvalue weighted by Crippen LogP contribution is -2.12. The first-order valence-corrected chi connectivity index (χ1v) is 10.2. The minimum absolute atomic E-state index is 0.211. The molecule has 0 spiro atoms. The highest BCUT2D eigenvalue weighted by molar-refractivity contribution is 7.92. The lowest BCUT2D eigenvalue weighted by Gasteiger charge is -2.07. The third-order valence-electron chi connectivity index (χ3n) is 3.87. The van der Waals surface area contributed by atoms with Crippen LogP contribution in [0.4, 0.5) is 5.69 Å². The van der Waals surface area contributed by atoms with Crippen LogP contribution in [0.15, 0.2) is 59.8 Å². The van der Waals surface area contributed by atoms with Crippen molar-refractivity contribution < 1.29 is 8.42 Å². The summed E-state index contributed by atoms with van der Waals surface area (Å²) >= 11 is 12.1. The Bertz CT molecular complexity index is 1020. The zero-order valence-corrected chi connectivity index (χ0v) is 16.3. The first-order valence-electron chi connectivity index (χ1n) is 7.95. The summed E-state index contributed by atoms with van der Waals surface area (Å²) in [5.41, 5.74) is 2.30. The van der Waals surface area contributed by atoms with Crippen molar-refractivity contribution in [2.45, 2.75) is 24.8 Å². The van der Waals surface area contributed by atoms with Crippen LogP contribution in [0.25, 0.3) is 0 Å². The van der Waals surface area contributed by atoms with Crippen molar-refractivity contribution in [3.63, 3.8) is 0 Å². The number of hydrogen-bond acceptors (Lipinski definition) is 3. The van der Waals surface area contributed by atoms with Crippen LogP contribution in [-0.4, -0.2) is 18.2 Å². The van der Waals surface area contributed by atoms with Gasteiger partial charge < -0.3 is 0 Å². The Morgan fingerprint density at radius 1 is 1.12 bits per heavy atom. The smallest absolute Gasteiger partial charge is 0.261 e. The van der Waals surface area contributed by atoms with E-state index in [9.17, 15) is 8.42 Å². The van der Waals surface area contributed by atoms with Gasteiger partial charge in [-0.1, -0.05) is 48.3 Å². The molecule has 0 aliphatic heterocycles. The van der Waals surface area contributed by atoms with E-state index in [0.717, 1.165) is 17.5 Å². The normalized spacial score (nSPS) is 11.5. The molecule has 1 N–H and O–H groups in total. The van der Waals surface area contributed by atoms with Crippen LogP contribution in [-0.2, 0) is 23.0 Å². The predicted octanol–water partition coefficient (Wildman–Crippen LogP) is 4.60. The van der Waals surface area contributed by atoms with Crippen LogP contribution in [0.2, 0.25) is 10.0 Å². The fourth-order valence-electron chi connectivity index (χ4n) is 2.45. The third kappa shape index (κ3) is 4.38. The molecule has 0 saturated carbocycles. The van der Waals surface area contributed by atoms with Crippen LogP contribution >= 0.6 is 23.2 Å². The maximum absolute atomic E-state index is 12.5. The van der Waals surface area contributed by atoms with E-state index in [1.807, 2.05) is 13.0 Å². The van der Waals surface area contributed by atoms with Gasteiger partial charge in [-0.15, -0.1) is 0 Å². The lowest BCUT2D eigenvalue weighted by molar-refractivity contribution is 0.601. The lowest BCUT2D eigenvalue weighted by atomic mass is 10.2. The molecule has 26 heavy (non-hydrogen) atoms. The van der Waals surface area contributed by atoms with E-state index in [2.05, 4.69) is 9.82 Å². The van der Waals surface area contributed by atoms with E-state index >= 15 is 0 Å². The number of anilines is 1. The molecule has 0 amide bonds. The highest BCUT2D eigenvalue weighted by atomic mass is 35.5. The van der Waals surface area contributed by atoms with Crippen LogP contribution in [0.3, 0.4) is 0 Å². The van der Waals surface area contributed by atoms with Gasteiger partial charge in [0.05, 0.1) is 23.3 Å². The van der Waals surface area contributed by atoms with Crippen molar-refractivity contribution in [3.05, 3.63) is 76.0 Å². The first-order chi connectivity index (χ1) is 12.4. The van der Waals surface area contributed by atoms with Crippen molar-refractivity contribution in [1.82, 2.24) is 9.78 Å². The van der Waals surface area contributed by atoms with Gasteiger partial charge in [0.15, 0.2) is 0 Å². The summed E-state index contributed by atoms with van der Waals surface area (Å²) < 4.78 is 29.1. The van der Waals surface area contributed by atoms with Gasteiger partial charge in [-0.2, -0.15) is 5.10 Å². The van der Waals surface area contributed by atoms with Crippen LogP contribution in [0.1, 0.15) is 18.1 Å². The van der Waals surface area contributed by atoms with Gasteiger partial charge in [0, 0.05) is 16.2 Å². The minimum atomic E-state index is -3.66. The second-order valence-corrected chi connectivity index (χ2v) is 8.29. The van der Waals surface area contributed by atoms with Crippen molar-refractivity contribution in [3.8, 4) is 0 Å².